The van der Waals surface area contributed by atoms with E-state index in [2.05, 4.69) is 9.88 Å². The smallest absolute Gasteiger partial charge is 0.361 e. The molecule has 0 radical (unpaired) electrons. The fourth-order valence-electron chi connectivity index (χ4n) is 3.29. The number of imide groups is 1. The molecular weight excluding hydrogens is 384 g/mol. The molecule has 10 heteroatoms. The van der Waals surface area contributed by atoms with E-state index in [0.29, 0.717) is 17.0 Å². The van der Waals surface area contributed by atoms with Crippen LogP contribution in [-0.2, 0) is 21.4 Å². The fourth-order valence-corrected chi connectivity index (χ4v) is 4.82. The first-order valence-corrected chi connectivity index (χ1v) is 10.4. The van der Waals surface area contributed by atoms with Crippen molar-refractivity contribution in [3.8, 4) is 0 Å². The monoisotopic (exact) mass is 405 g/mol. The number of fused-ring (bicyclic) bond motifs is 1. The highest BCUT2D eigenvalue weighted by atomic mass is 32.2. The second-order valence-electron chi connectivity index (χ2n) is 7.64. The lowest BCUT2D eigenvalue weighted by Gasteiger charge is -2.26. The number of rotatable bonds is 5. The van der Waals surface area contributed by atoms with Gasteiger partial charge in [0.05, 0.1) is 23.7 Å². The summed E-state index contributed by atoms with van der Waals surface area (Å²) in [6, 6.07) is -0.482. The van der Waals surface area contributed by atoms with Gasteiger partial charge in [0.2, 0.25) is 10.0 Å². The van der Waals surface area contributed by atoms with Gasteiger partial charge >= 0.3 is 11.9 Å². The van der Waals surface area contributed by atoms with Gasteiger partial charge in [-0.25, -0.2) is 17.9 Å². The Bertz CT molecular complexity index is 1080. The van der Waals surface area contributed by atoms with Crippen molar-refractivity contribution in [1.29, 1.82) is 0 Å². The predicted octanol–water partition coefficient (Wildman–Crippen LogP) is 1.07. The lowest BCUT2D eigenvalue weighted by Crippen LogP contribution is -2.53. The third-order valence-corrected chi connectivity index (χ3v) is 7.03. The van der Waals surface area contributed by atoms with Gasteiger partial charge in [0.15, 0.2) is 0 Å². The zero-order valence-electron chi connectivity index (χ0n) is 15.8. The second kappa shape index (κ2) is 6.21. The number of nitrogens with one attached hydrogen (secondary N) is 1. The number of nitrogens with zero attached hydrogens (tertiary/aromatic N) is 3. The van der Waals surface area contributed by atoms with Crippen LogP contribution in [0.25, 0.3) is 0 Å². The zero-order chi connectivity index (χ0) is 20.3. The standard InChI is InChI=1S/C18H21N4O5S/c1-11-12(9-19-27-11)10-22-16(23)14-8-13(4-5-15(14)21(3)17(22)24)28(25,26)20-18(2)6-7-18/h4-5,8-9,14,20H,6-7,10H2,1-3H3/q+1. The normalized spacial score (nSPS) is 23.8. The quantitative estimate of drug-likeness (QED) is 0.734. The molecule has 0 bridgehead atoms. The number of hydrogen-bond acceptors (Lipinski definition) is 6. The van der Waals surface area contributed by atoms with E-state index in [4.69, 9.17) is 4.52 Å². The first-order chi connectivity index (χ1) is 13.1. The Hall–Kier alpha value is -2.59. The van der Waals surface area contributed by atoms with Crippen LogP contribution in [0, 0.1) is 12.8 Å². The molecule has 1 unspecified atom stereocenters. The SMILES string of the molecule is Cc1oncc1CN1C(=O)C2C=C(S(=O)(=O)NC3(C)CC3)C=CC2=[N+](C)C1=O. The van der Waals surface area contributed by atoms with Gasteiger partial charge in [0.1, 0.15) is 23.9 Å². The van der Waals surface area contributed by atoms with Crippen molar-refractivity contribution in [3.63, 3.8) is 0 Å². The highest BCUT2D eigenvalue weighted by Gasteiger charge is 2.48. The molecule has 3 aliphatic rings. The summed E-state index contributed by atoms with van der Waals surface area (Å²) in [6.07, 6.45) is 7.38. The Morgan fingerprint density at radius 3 is 2.68 bits per heavy atom. The molecule has 4 rings (SSSR count). The largest absolute Gasteiger partial charge is 0.500 e. The van der Waals surface area contributed by atoms with Crippen LogP contribution in [0.2, 0.25) is 0 Å². The van der Waals surface area contributed by atoms with Crippen molar-refractivity contribution in [1.82, 2.24) is 14.8 Å². The first kappa shape index (κ1) is 18.8. The summed E-state index contributed by atoms with van der Waals surface area (Å²) >= 11 is 0. The molecule has 1 aromatic heterocycles. The van der Waals surface area contributed by atoms with Gasteiger partial charge in [-0.2, -0.15) is 14.3 Å². The molecule has 0 aromatic carbocycles. The van der Waals surface area contributed by atoms with Crippen LogP contribution in [0.3, 0.4) is 0 Å². The Labute approximate surface area is 162 Å². The van der Waals surface area contributed by atoms with Crippen LogP contribution in [0.5, 0.6) is 0 Å². The van der Waals surface area contributed by atoms with Crippen LogP contribution < -0.4 is 4.72 Å². The Balaban J connectivity index is 1.67. The molecule has 28 heavy (non-hydrogen) atoms. The molecule has 0 spiro atoms. The van der Waals surface area contributed by atoms with Crippen molar-refractivity contribution < 1.29 is 27.1 Å². The van der Waals surface area contributed by atoms with Gasteiger partial charge < -0.3 is 4.52 Å². The van der Waals surface area contributed by atoms with Crippen LogP contribution >= 0.6 is 0 Å². The van der Waals surface area contributed by atoms with E-state index in [9.17, 15) is 18.0 Å². The lowest BCUT2D eigenvalue weighted by molar-refractivity contribution is -0.406. The maximum atomic E-state index is 13.0. The van der Waals surface area contributed by atoms with Gasteiger partial charge in [-0.15, -0.1) is 0 Å². The van der Waals surface area contributed by atoms with Crippen molar-refractivity contribution in [2.75, 3.05) is 7.05 Å². The molecule has 1 aliphatic heterocycles. The van der Waals surface area contributed by atoms with Gasteiger partial charge in [-0.05, 0) is 44.9 Å². The van der Waals surface area contributed by atoms with Crippen LogP contribution in [0.1, 0.15) is 31.1 Å². The first-order valence-electron chi connectivity index (χ1n) is 8.91. The molecule has 148 valence electrons. The summed E-state index contributed by atoms with van der Waals surface area (Å²) in [5.41, 5.74) is 0.647. The highest BCUT2D eigenvalue weighted by molar-refractivity contribution is 7.93. The fraction of sp³-hybridized carbons (Fsp3) is 0.444. The molecule has 2 aliphatic carbocycles. The lowest BCUT2D eigenvalue weighted by atomic mass is 9.94. The summed E-state index contributed by atoms with van der Waals surface area (Å²) in [5.74, 6) is -0.818. The second-order valence-corrected chi connectivity index (χ2v) is 9.33. The van der Waals surface area contributed by atoms with Crippen molar-refractivity contribution >= 4 is 27.7 Å². The minimum Gasteiger partial charge on any atom is -0.361 e. The van der Waals surface area contributed by atoms with Crippen LogP contribution in [0.15, 0.2) is 33.9 Å². The van der Waals surface area contributed by atoms with Crippen molar-refractivity contribution in [3.05, 3.63) is 40.7 Å². The predicted molar refractivity (Wildman–Crippen MR) is 98.8 cm³/mol. The highest BCUT2D eigenvalue weighted by Crippen LogP contribution is 2.36. The van der Waals surface area contributed by atoms with Crippen molar-refractivity contribution in [2.24, 2.45) is 5.92 Å². The van der Waals surface area contributed by atoms with E-state index < -0.39 is 33.4 Å². The van der Waals surface area contributed by atoms with Gasteiger partial charge in [0, 0.05) is 5.54 Å². The molecule has 3 amide bonds. The molecule has 0 saturated heterocycles. The molecule has 1 atom stereocenters. The third kappa shape index (κ3) is 3.12. The Morgan fingerprint density at radius 1 is 1.36 bits per heavy atom. The zero-order valence-corrected chi connectivity index (χ0v) is 16.6. The van der Waals surface area contributed by atoms with Crippen LogP contribution in [0.4, 0.5) is 4.79 Å². The molecule has 9 nitrogen and oxygen atoms in total. The Kier molecular flexibility index (Phi) is 4.16. The summed E-state index contributed by atoms with van der Waals surface area (Å²) in [7, 11) is -2.18. The number of hydrogen-bond donors (Lipinski definition) is 1. The number of allylic oxidation sites excluding steroid dienone is 2. The van der Waals surface area contributed by atoms with E-state index in [1.807, 2.05) is 6.92 Å². The average Bonchev–Trinajstić information content (AvgIpc) is 3.22. The third-order valence-electron chi connectivity index (χ3n) is 5.38. The molecule has 2 heterocycles. The van der Waals surface area contributed by atoms with E-state index in [-0.39, 0.29) is 11.4 Å². The van der Waals surface area contributed by atoms with E-state index in [1.54, 1.807) is 14.0 Å². The van der Waals surface area contributed by atoms with Gasteiger partial charge in [-0.3, -0.25) is 0 Å². The topological polar surface area (TPSA) is 113 Å². The summed E-state index contributed by atoms with van der Waals surface area (Å²) in [4.78, 5) is 26.8. The molecule has 1 N–H and O–H groups in total. The number of aromatic nitrogens is 1. The Morgan fingerprint density at radius 2 is 2.07 bits per heavy atom. The maximum Gasteiger partial charge on any atom is 0.500 e. The molecule has 1 saturated carbocycles. The number of carbonyl (C=O) groups excluding carboxylic acids is 2. The summed E-state index contributed by atoms with van der Waals surface area (Å²) in [5, 5.41) is 3.67. The van der Waals surface area contributed by atoms with E-state index in [0.717, 1.165) is 17.7 Å². The number of aryl methyl sites for hydroxylation is 1. The molecule has 1 aromatic rings. The number of urea groups is 1. The van der Waals surface area contributed by atoms with Crippen molar-refractivity contribution in [2.45, 2.75) is 38.8 Å². The van der Waals surface area contributed by atoms with Crippen LogP contribution in [-0.4, -0.2) is 53.3 Å². The minimum atomic E-state index is -3.75. The average molecular weight is 405 g/mol. The van der Waals surface area contributed by atoms with Gasteiger partial charge in [0.25, 0.3) is 0 Å². The molecular formula is C18H21N4O5S+. The van der Waals surface area contributed by atoms with E-state index in [1.165, 1.54) is 29.0 Å². The number of sulfonamides is 1. The number of carbonyl (C=O) groups is 2. The summed E-state index contributed by atoms with van der Waals surface area (Å²) in [6.45, 7) is 3.55. The minimum absolute atomic E-state index is 0.0110. The maximum absolute atomic E-state index is 13.0. The van der Waals surface area contributed by atoms with E-state index >= 15 is 0 Å². The number of amides is 3. The molecule has 1 fully saturated rings. The summed E-state index contributed by atoms with van der Waals surface area (Å²) < 4.78 is 34.4. The van der Waals surface area contributed by atoms with Gasteiger partial charge in [-0.1, -0.05) is 5.16 Å².